The molecule has 0 atom stereocenters. The van der Waals surface area contributed by atoms with Crippen molar-refractivity contribution in [1.82, 2.24) is 20.4 Å². The van der Waals surface area contributed by atoms with Crippen LogP contribution < -0.4 is 15.5 Å². The lowest BCUT2D eigenvalue weighted by molar-refractivity contribution is 0.0955. The fourth-order valence-corrected chi connectivity index (χ4v) is 3.76. The van der Waals surface area contributed by atoms with Crippen molar-refractivity contribution in [2.45, 2.75) is 0 Å². The topological polar surface area (TPSA) is 105 Å². The predicted octanol–water partition coefficient (Wildman–Crippen LogP) is 2.96. The lowest BCUT2D eigenvalue weighted by Crippen LogP contribution is -2.36. The van der Waals surface area contributed by atoms with Crippen LogP contribution in [-0.2, 0) is 4.74 Å². The Morgan fingerprint density at radius 1 is 1.00 bits per heavy atom. The predicted molar refractivity (Wildman–Crippen MR) is 125 cm³/mol. The van der Waals surface area contributed by atoms with E-state index >= 15 is 0 Å². The third-order valence-corrected chi connectivity index (χ3v) is 5.48. The monoisotopic (exact) mass is 444 g/mol. The number of nitrogens with one attached hydrogen (secondary N) is 2. The first-order valence-electron chi connectivity index (χ1n) is 10.9. The number of benzene rings is 2. The molecule has 3 heterocycles. The lowest BCUT2D eigenvalue weighted by Gasteiger charge is -2.27. The number of aromatic nitrogens is 3. The Kier molecular flexibility index (Phi) is 6.12. The number of anilines is 2. The molecule has 1 aliphatic rings. The molecule has 1 aliphatic heterocycles. The number of nitrogens with zero attached hydrogens (tertiary/aromatic N) is 4. The standard InChI is InChI=1S/C24H24N6O3/c31-24(18-6-7-20-19(14-18)23(33-29-20)17-4-2-1-3-5-17)26-9-8-25-21-15-22(28-16-27-21)30-10-12-32-13-11-30/h1-7,14-16H,8-13H2,(H,26,31)(H,25,27,28). The van der Waals surface area contributed by atoms with Gasteiger partial charge in [0.1, 0.15) is 23.5 Å². The van der Waals surface area contributed by atoms with Crippen molar-refractivity contribution in [3.05, 3.63) is 66.5 Å². The van der Waals surface area contributed by atoms with Crippen molar-refractivity contribution in [1.29, 1.82) is 0 Å². The largest absolute Gasteiger partial charge is 0.378 e. The zero-order chi connectivity index (χ0) is 22.5. The van der Waals surface area contributed by atoms with Crippen LogP contribution in [0, 0.1) is 0 Å². The summed E-state index contributed by atoms with van der Waals surface area (Å²) in [5, 5.41) is 11.1. The van der Waals surface area contributed by atoms with Crippen LogP contribution >= 0.6 is 0 Å². The van der Waals surface area contributed by atoms with E-state index in [1.54, 1.807) is 18.5 Å². The SMILES string of the molecule is O=C(NCCNc1cc(N2CCOCC2)ncn1)c1ccc2noc(-c3ccccc3)c2c1. The molecule has 0 spiro atoms. The lowest BCUT2D eigenvalue weighted by atomic mass is 10.1. The third kappa shape index (κ3) is 4.78. The summed E-state index contributed by atoms with van der Waals surface area (Å²) >= 11 is 0. The minimum absolute atomic E-state index is 0.157. The van der Waals surface area contributed by atoms with Crippen molar-refractivity contribution >= 4 is 28.4 Å². The highest BCUT2D eigenvalue weighted by Crippen LogP contribution is 2.29. The highest BCUT2D eigenvalue weighted by molar-refractivity contribution is 6.01. The van der Waals surface area contributed by atoms with Gasteiger partial charge in [0.15, 0.2) is 5.76 Å². The van der Waals surface area contributed by atoms with E-state index in [4.69, 9.17) is 9.26 Å². The van der Waals surface area contributed by atoms with Crippen LogP contribution in [0.1, 0.15) is 10.4 Å². The second-order valence-electron chi connectivity index (χ2n) is 7.65. The number of ether oxygens (including phenoxy) is 1. The molecule has 168 valence electrons. The number of morpholine rings is 1. The molecule has 0 unspecified atom stereocenters. The summed E-state index contributed by atoms with van der Waals surface area (Å²) in [6.45, 7) is 4.02. The van der Waals surface area contributed by atoms with Gasteiger partial charge in [0.2, 0.25) is 0 Å². The molecule has 2 aromatic carbocycles. The van der Waals surface area contributed by atoms with Gasteiger partial charge in [-0.15, -0.1) is 0 Å². The number of fused-ring (bicyclic) bond motifs is 1. The van der Waals surface area contributed by atoms with E-state index < -0.39 is 0 Å². The molecule has 2 N–H and O–H groups in total. The summed E-state index contributed by atoms with van der Waals surface area (Å²) in [4.78, 5) is 23.5. The normalized spacial score (nSPS) is 13.8. The van der Waals surface area contributed by atoms with Crippen molar-refractivity contribution in [2.75, 3.05) is 49.6 Å². The van der Waals surface area contributed by atoms with Crippen LogP contribution in [0.15, 0.2) is 65.4 Å². The van der Waals surface area contributed by atoms with Gasteiger partial charge < -0.3 is 24.8 Å². The molecule has 1 fully saturated rings. The van der Waals surface area contributed by atoms with Crippen LogP contribution in [-0.4, -0.2) is 60.4 Å². The van der Waals surface area contributed by atoms with E-state index in [1.807, 2.05) is 42.5 Å². The van der Waals surface area contributed by atoms with Crippen LogP contribution in [0.3, 0.4) is 0 Å². The van der Waals surface area contributed by atoms with Crippen molar-refractivity contribution in [2.24, 2.45) is 0 Å². The minimum atomic E-state index is -0.157. The zero-order valence-electron chi connectivity index (χ0n) is 18.0. The quantitative estimate of drug-likeness (QED) is 0.419. The fraction of sp³-hybridized carbons (Fsp3) is 0.250. The number of carbonyl (C=O) groups excluding carboxylic acids is 1. The maximum Gasteiger partial charge on any atom is 0.251 e. The molecule has 0 bridgehead atoms. The van der Waals surface area contributed by atoms with Gasteiger partial charge in [0, 0.05) is 43.4 Å². The first kappa shape index (κ1) is 20.9. The first-order chi connectivity index (χ1) is 16.3. The van der Waals surface area contributed by atoms with Crippen LogP contribution in [0.2, 0.25) is 0 Å². The van der Waals surface area contributed by atoms with Crippen LogP contribution in [0.25, 0.3) is 22.2 Å². The average Bonchev–Trinajstić information content (AvgIpc) is 3.31. The van der Waals surface area contributed by atoms with Crippen LogP contribution in [0.4, 0.5) is 11.6 Å². The maximum atomic E-state index is 12.7. The molecule has 4 aromatic rings. The Labute approximate surface area is 190 Å². The average molecular weight is 444 g/mol. The van der Waals surface area contributed by atoms with E-state index in [-0.39, 0.29) is 5.91 Å². The molecule has 9 heteroatoms. The number of amides is 1. The van der Waals surface area contributed by atoms with Gasteiger partial charge in [0.05, 0.1) is 18.6 Å². The molecule has 5 rings (SSSR count). The molecule has 1 amide bonds. The Morgan fingerprint density at radius 2 is 1.85 bits per heavy atom. The number of hydrogen-bond donors (Lipinski definition) is 2. The van der Waals surface area contributed by atoms with Gasteiger partial charge in [-0.2, -0.15) is 0 Å². The van der Waals surface area contributed by atoms with Crippen molar-refractivity contribution < 1.29 is 14.1 Å². The van der Waals surface area contributed by atoms with E-state index in [0.717, 1.165) is 35.7 Å². The van der Waals surface area contributed by atoms with Crippen LogP contribution in [0.5, 0.6) is 0 Å². The molecule has 0 saturated carbocycles. The number of carbonyl (C=O) groups is 1. The van der Waals surface area contributed by atoms with E-state index in [1.165, 1.54) is 0 Å². The minimum Gasteiger partial charge on any atom is -0.378 e. The summed E-state index contributed by atoms with van der Waals surface area (Å²) < 4.78 is 10.9. The molecular weight excluding hydrogens is 420 g/mol. The summed E-state index contributed by atoms with van der Waals surface area (Å²) in [7, 11) is 0. The van der Waals surface area contributed by atoms with Crippen molar-refractivity contribution in [3.63, 3.8) is 0 Å². The molecule has 2 aromatic heterocycles. The summed E-state index contributed by atoms with van der Waals surface area (Å²) in [5.74, 6) is 2.09. The smallest absolute Gasteiger partial charge is 0.251 e. The van der Waals surface area contributed by atoms with E-state index in [0.29, 0.717) is 43.1 Å². The Bertz CT molecular complexity index is 1240. The Hall–Kier alpha value is -3.98. The summed E-state index contributed by atoms with van der Waals surface area (Å²) in [6, 6.07) is 17.0. The van der Waals surface area contributed by atoms with E-state index in [9.17, 15) is 4.79 Å². The second kappa shape index (κ2) is 9.66. The van der Waals surface area contributed by atoms with Gasteiger partial charge in [-0.05, 0) is 18.2 Å². The van der Waals surface area contributed by atoms with Gasteiger partial charge >= 0.3 is 0 Å². The fourth-order valence-electron chi connectivity index (χ4n) is 3.76. The highest BCUT2D eigenvalue weighted by atomic mass is 16.5. The molecule has 1 saturated heterocycles. The number of hydrogen-bond acceptors (Lipinski definition) is 8. The third-order valence-electron chi connectivity index (χ3n) is 5.48. The van der Waals surface area contributed by atoms with E-state index in [2.05, 4.69) is 30.7 Å². The molecular formula is C24H24N6O3. The molecule has 0 radical (unpaired) electrons. The maximum absolute atomic E-state index is 12.7. The Balaban J connectivity index is 1.19. The van der Waals surface area contributed by atoms with Gasteiger partial charge in [0.25, 0.3) is 5.91 Å². The van der Waals surface area contributed by atoms with Gasteiger partial charge in [-0.1, -0.05) is 35.5 Å². The van der Waals surface area contributed by atoms with Crippen molar-refractivity contribution in [3.8, 4) is 11.3 Å². The van der Waals surface area contributed by atoms with Gasteiger partial charge in [-0.25, -0.2) is 9.97 Å². The highest BCUT2D eigenvalue weighted by Gasteiger charge is 2.15. The summed E-state index contributed by atoms with van der Waals surface area (Å²) in [5.41, 5.74) is 2.19. The molecule has 33 heavy (non-hydrogen) atoms. The summed E-state index contributed by atoms with van der Waals surface area (Å²) in [6.07, 6.45) is 1.55. The number of rotatable bonds is 7. The zero-order valence-corrected chi connectivity index (χ0v) is 18.0. The first-order valence-corrected chi connectivity index (χ1v) is 10.9. The molecule has 9 nitrogen and oxygen atoms in total. The Morgan fingerprint density at radius 3 is 2.70 bits per heavy atom. The molecule has 0 aliphatic carbocycles. The van der Waals surface area contributed by atoms with Gasteiger partial charge in [-0.3, -0.25) is 4.79 Å². The second-order valence-corrected chi connectivity index (χ2v) is 7.65.